The number of aromatic nitrogens is 2. The molecular formula is C30H35F3N8O5. The number of piperazine rings is 2. The number of ether oxygens (including phenoxy) is 3. The minimum atomic E-state index is -3.13. The van der Waals surface area contributed by atoms with Crippen molar-refractivity contribution in [3.05, 3.63) is 48.4 Å². The molecule has 0 atom stereocenters. The number of carbonyl (C=O) groups excluding carboxylic acids is 2. The lowest BCUT2D eigenvalue weighted by Gasteiger charge is -2.35. The maximum absolute atomic E-state index is 14.9. The lowest BCUT2D eigenvalue weighted by molar-refractivity contribution is -0.129. The minimum Gasteiger partial charge on any atom is -0.494 e. The highest BCUT2D eigenvalue weighted by Gasteiger charge is 2.24. The zero-order chi connectivity index (χ0) is 32.8. The molecule has 1 aromatic heterocycles. The summed E-state index contributed by atoms with van der Waals surface area (Å²) in [5.74, 6) is -0.728. The number of hydrogen-bond acceptors (Lipinski definition) is 11. The van der Waals surface area contributed by atoms with E-state index in [1.54, 1.807) is 28.9 Å². The van der Waals surface area contributed by atoms with Gasteiger partial charge in [-0.2, -0.15) is 13.8 Å². The first-order valence-electron chi connectivity index (χ1n) is 14.6. The van der Waals surface area contributed by atoms with Crippen molar-refractivity contribution in [2.45, 2.75) is 13.5 Å². The number of hydrogen-bond donors (Lipinski definition) is 2. The smallest absolute Gasteiger partial charge is 0.409 e. The van der Waals surface area contributed by atoms with Crippen molar-refractivity contribution in [2.75, 3.05) is 87.0 Å². The number of anilines is 6. The third-order valence-corrected chi connectivity index (χ3v) is 7.78. The van der Waals surface area contributed by atoms with Gasteiger partial charge in [0, 0.05) is 82.8 Å². The summed E-state index contributed by atoms with van der Waals surface area (Å²) in [6.45, 7) is 2.72. The Hall–Kier alpha value is -5.15. The van der Waals surface area contributed by atoms with Crippen LogP contribution in [-0.2, 0) is 9.53 Å². The number of carbonyl (C=O) groups is 2. The van der Waals surface area contributed by atoms with Crippen LogP contribution in [0.5, 0.6) is 11.5 Å². The van der Waals surface area contributed by atoms with Gasteiger partial charge in [-0.1, -0.05) is 0 Å². The second kappa shape index (κ2) is 14.3. The SMILES string of the molecule is COC(=O)N1CCN(c2ccc(Nc3nc(Nc4ccc(N5CCN(C(C)=O)CC5)cc4OC)ncc3F)c(OC(F)F)c2)CC1. The van der Waals surface area contributed by atoms with E-state index in [2.05, 4.69) is 25.5 Å². The number of methoxy groups -OCH3 is 2. The van der Waals surface area contributed by atoms with Gasteiger partial charge in [-0.25, -0.2) is 14.2 Å². The van der Waals surface area contributed by atoms with E-state index in [0.29, 0.717) is 69.5 Å². The maximum atomic E-state index is 14.9. The molecule has 0 radical (unpaired) electrons. The van der Waals surface area contributed by atoms with Gasteiger partial charge in [0.05, 0.1) is 31.8 Å². The van der Waals surface area contributed by atoms with Gasteiger partial charge in [-0.15, -0.1) is 0 Å². The van der Waals surface area contributed by atoms with Gasteiger partial charge in [-0.05, 0) is 24.3 Å². The average molecular weight is 645 g/mol. The Morgan fingerprint density at radius 2 is 1.39 bits per heavy atom. The average Bonchev–Trinajstić information content (AvgIpc) is 3.06. The second-order valence-electron chi connectivity index (χ2n) is 10.5. The summed E-state index contributed by atoms with van der Waals surface area (Å²) in [6, 6.07) is 10.1. The van der Waals surface area contributed by atoms with E-state index in [1.165, 1.54) is 26.4 Å². The van der Waals surface area contributed by atoms with E-state index >= 15 is 0 Å². The van der Waals surface area contributed by atoms with Crippen LogP contribution in [0.3, 0.4) is 0 Å². The number of nitrogens with one attached hydrogen (secondary N) is 2. The molecule has 2 aliphatic heterocycles. The number of rotatable bonds is 9. The van der Waals surface area contributed by atoms with E-state index in [9.17, 15) is 22.8 Å². The first-order chi connectivity index (χ1) is 22.1. The lowest BCUT2D eigenvalue weighted by Crippen LogP contribution is -2.48. The fourth-order valence-electron chi connectivity index (χ4n) is 5.30. The molecule has 3 aromatic rings. The molecule has 2 N–H and O–H groups in total. The topological polar surface area (TPSA) is 125 Å². The summed E-state index contributed by atoms with van der Waals surface area (Å²) in [5.41, 5.74) is 2.08. The summed E-state index contributed by atoms with van der Waals surface area (Å²) in [6.07, 6.45) is 0.522. The van der Waals surface area contributed by atoms with Gasteiger partial charge in [-0.3, -0.25) is 4.79 Å². The molecule has 2 fully saturated rings. The highest BCUT2D eigenvalue weighted by Crippen LogP contribution is 2.35. The summed E-state index contributed by atoms with van der Waals surface area (Å²) in [4.78, 5) is 39.1. The van der Waals surface area contributed by atoms with Gasteiger partial charge < -0.3 is 44.4 Å². The Labute approximate surface area is 263 Å². The predicted octanol–water partition coefficient (Wildman–Crippen LogP) is 4.27. The minimum absolute atomic E-state index is 0.0291. The Morgan fingerprint density at radius 1 is 0.826 bits per heavy atom. The molecule has 2 saturated heterocycles. The Bertz CT molecular complexity index is 1550. The van der Waals surface area contributed by atoms with E-state index in [-0.39, 0.29) is 29.1 Å². The molecule has 13 nitrogen and oxygen atoms in total. The molecule has 0 spiro atoms. The molecule has 2 aromatic carbocycles. The van der Waals surface area contributed by atoms with Gasteiger partial charge in [0.1, 0.15) is 5.75 Å². The van der Waals surface area contributed by atoms with Crippen molar-refractivity contribution in [2.24, 2.45) is 0 Å². The molecule has 2 aliphatic rings. The third-order valence-electron chi connectivity index (χ3n) is 7.78. The zero-order valence-electron chi connectivity index (χ0n) is 25.6. The highest BCUT2D eigenvalue weighted by atomic mass is 19.3. The Kier molecular flexibility index (Phi) is 10.0. The van der Waals surface area contributed by atoms with E-state index < -0.39 is 18.5 Å². The van der Waals surface area contributed by atoms with E-state index in [1.807, 2.05) is 17.0 Å². The molecule has 0 unspecified atom stereocenters. The summed E-state index contributed by atoms with van der Waals surface area (Å²) < 4.78 is 56.7. The molecule has 5 rings (SSSR count). The van der Waals surface area contributed by atoms with E-state index in [4.69, 9.17) is 14.2 Å². The van der Waals surface area contributed by atoms with Gasteiger partial charge in [0.25, 0.3) is 0 Å². The van der Waals surface area contributed by atoms with Crippen molar-refractivity contribution in [3.8, 4) is 11.5 Å². The van der Waals surface area contributed by atoms with Crippen LogP contribution in [0.25, 0.3) is 0 Å². The largest absolute Gasteiger partial charge is 0.494 e. The molecule has 246 valence electrons. The van der Waals surface area contributed by atoms with Crippen LogP contribution in [0.15, 0.2) is 42.6 Å². The van der Waals surface area contributed by atoms with Crippen LogP contribution >= 0.6 is 0 Å². The monoisotopic (exact) mass is 644 g/mol. The van der Waals surface area contributed by atoms with Gasteiger partial charge >= 0.3 is 12.7 Å². The fourth-order valence-corrected chi connectivity index (χ4v) is 5.30. The standard InChI is InChI=1S/C30H35F3N8O5/c1-19(42)38-8-10-39(11-9-38)20-4-6-23(25(16-20)44-2)36-29-34-18-22(31)27(37-29)35-24-7-5-21(17-26(24)46-28(32)33)40-12-14-41(15-13-40)30(43)45-3/h4-7,16-18,28H,8-15H2,1-3H3,(H2,34,35,36,37). The first-order valence-corrected chi connectivity index (χ1v) is 14.6. The predicted molar refractivity (Wildman–Crippen MR) is 165 cm³/mol. The van der Waals surface area contributed by atoms with Crippen molar-refractivity contribution in [1.29, 1.82) is 0 Å². The highest BCUT2D eigenvalue weighted by molar-refractivity contribution is 5.74. The third kappa shape index (κ3) is 7.55. The van der Waals surface area contributed by atoms with Crippen molar-refractivity contribution in [3.63, 3.8) is 0 Å². The van der Waals surface area contributed by atoms with Crippen LogP contribution in [0, 0.1) is 5.82 Å². The number of amides is 2. The van der Waals surface area contributed by atoms with E-state index in [0.717, 1.165) is 11.9 Å². The summed E-state index contributed by atoms with van der Waals surface area (Å²) in [7, 11) is 2.83. The first kappa shape index (κ1) is 32.2. The number of benzene rings is 2. The normalized spacial score (nSPS) is 15.1. The van der Waals surface area contributed by atoms with Gasteiger partial charge in [0.2, 0.25) is 11.9 Å². The maximum Gasteiger partial charge on any atom is 0.409 e. The number of alkyl halides is 2. The Balaban J connectivity index is 1.31. The zero-order valence-corrected chi connectivity index (χ0v) is 25.6. The van der Waals surface area contributed by atoms with Crippen LogP contribution in [0.1, 0.15) is 6.92 Å². The van der Waals surface area contributed by atoms with Crippen LogP contribution in [-0.4, -0.2) is 105 Å². The summed E-state index contributed by atoms with van der Waals surface area (Å²) >= 11 is 0. The molecule has 0 aliphatic carbocycles. The second-order valence-corrected chi connectivity index (χ2v) is 10.5. The number of halogens is 3. The molecule has 2 amide bonds. The number of nitrogens with zero attached hydrogens (tertiary/aromatic N) is 6. The van der Waals surface area contributed by atoms with Crippen molar-refractivity contribution >= 4 is 46.5 Å². The van der Waals surface area contributed by atoms with Crippen molar-refractivity contribution < 1.29 is 37.0 Å². The lowest BCUT2D eigenvalue weighted by atomic mass is 10.2. The van der Waals surface area contributed by atoms with Gasteiger partial charge in [0.15, 0.2) is 17.4 Å². The molecule has 0 saturated carbocycles. The molecule has 46 heavy (non-hydrogen) atoms. The van der Waals surface area contributed by atoms with Crippen LogP contribution in [0.4, 0.5) is 52.5 Å². The molecule has 0 bridgehead atoms. The Morgan fingerprint density at radius 3 is 1.93 bits per heavy atom. The van der Waals surface area contributed by atoms with Crippen LogP contribution in [0.2, 0.25) is 0 Å². The molecule has 16 heteroatoms. The quantitative estimate of drug-likeness (QED) is 0.347. The molecule has 3 heterocycles. The molecular weight excluding hydrogens is 609 g/mol. The fraction of sp³-hybridized carbons (Fsp3) is 0.400. The van der Waals surface area contributed by atoms with Crippen LogP contribution < -0.4 is 29.9 Å². The van der Waals surface area contributed by atoms with Crippen molar-refractivity contribution in [1.82, 2.24) is 19.8 Å². The summed E-state index contributed by atoms with van der Waals surface area (Å²) in [5, 5.41) is 5.77.